The molecule has 11 heteroatoms. The van der Waals surface area contributed by atoms with Crippen LogP contribution < -0.4 is 5.32 Å². The van der Waals surface area contributed by atoms with Crippen molar-refractivity contribution in [3.05, 3.63) is 99.7 Å². The van der Waals surface area contributed by atoms with E-state index in [-0.39, 0.29) is 33.7 Å². The van der Waals surface area contributed by atoms with E-state index in [1.807, 2.05) is 18.4 Å². The van der Waals surface area contributed by atoms with Crippen molar-refractivity contribution in [3.63, 3.8) is 0 Å². The Balaban J connectivity index is 1.63. The van der Waals surface area contributed by atoms with Crippen LogP contribution >= 0.6 is 11.6 Å². The SMILES string of the molecule is CCS(=O)(=O)c1ccc([C@H](CO)NC(=O)c2ccc3c(c2)cc(Cc2ccc(Cl)cc2C(F)(F)F)n3C(C)C)cc1. The molecular weight excluding hydrogens is 577 g/mol. The zero-order chi connectivity index (χ0) is 30.1. The fraction of sp³-hybridized carbons (Fsp3) is 0.300. The number of fused-ring (bicyclic) bond motifs is 1. The van der Waals surface area contributed by atoms with Crippen LogP contribution in [0.5, 0.6) is 0 Å². The van der Waals surface area contributed by atoms with E-state index in [1.54, 1.807) is 43.3 Å². The molecule has 0 aliphatic rings. The van der Waals surface area contributed by atoms with Crippen molar-refractivity contribution in [2.75, 3.05) is 12.4 Å². The van der Waals surface area contributed by atoms with Gasteiger partial charge in [0.15, 0.2) is 9.84 Å². The third-order valence-electron chi connectivity index (χ3n) is 6.96. The van der Waals surface area contributed by atoms with Crippen molar-refractivity contribution in [1.29, 1.82) is 0 Å². The lowest BCUT2D eigenvalue weighted by Gasteiger charge is -2.18. The standard InChI is InChI=1S/C30H30ClF3N2O4S/c1-4-41(39,40)25-10-6-19(7-11-25)27(17-37)35-29(38)21-8-12-28-22(13-21)15-24(36(28)18(2)3)14-20-5-9-23(31)16-26(20)30(32,33)34/h5-13,15-16,18,27,37H,4,14,17H2,1-3H3,(H,35,38)/t27-/m0/s1. The van der Waals surface area contributed by atoms with Gasteiger partial charge in [-0.05, 0) is 73.5 Å². The number of benzene rings is 3. The summed E-state index contributed by atoms with van der Waals surface area (Å²) < 4.78 is 67.3. The van der Waals surface area contributed by atoms with Crippen LogP contribution in [-0.2, 0) is 22.4 Å². The van der Waals surface area contributed by atoms with Gasteiger partial charge < -0.3 is 15.0 Å². The molecule has 0 bridgehead atoms. The fourth-order valence-electron chi connectivity index (χ4n) is 4.89. The molecule has 1 heterocycles. The summed E-state index contributed by atoms with van der Waals surface area (Å²) in [7, 11) is -3.39. The normalized spacial score (nSPS) is 13.1. The van der Waals surface area contributed by atoms with Gasteiger partial charge in [0, 0.05) is 39.6 Å². The predicted molar refractivity (Wildman–Crippen MR) is 153 cm³/mol. The second-order valence-corrected chi connectivity index (χ2v) is 12.7. The number of amides is 1. The first-order chi connectivity index (χ1) is 19.2. The van der Waals surface area contributed by atoms with Crippen molar-refractivity contribution in [2.24, 2.45) is 0 Å². The summed E-state index contributed by atoms with van der Waals surface area (Å²) in [5.74, 6) is -0.509. The lowest BCUT2D eigenvalue weighted by Crippen LogP contribution is -2.30. The van der Waals surface area contributed by atoms with E-state index in [0.717, 1.165) is 11.6 Å². The molecule has 41 heavy (non-hydrogen) atoms. The monoisotopic (exact) mass is 606 g/mol. The van der Waals surface area contributed by atoms with Crippen LogP contribution in [0.1, 0.15) is 65.6 Å². The molecule has 1 atom stereocenters. The maximum absolute atomic E-state index is 13.7. The van der Waals surface area contributed by atoms with Gasteiger partial charge in [-0.15, -0.1) is 0 Å². The highest BCUT2D eigenvalue weighted by Gasteiger charge is 2.34. The smallest absolute Gasteiger partial charge is 0.394 e. The van der Waals surface area contributed by atoms with Gasteiger partial charge in [-0.2, -0.15) is 13.2 Å². The summed E-state index contributed by atoms with van der Waals surface area (Å²) in [6.45, 7) is 4.99. The number of carbonyl (C=O) groups excluding carboxylic acids is 1. The van der Waals surface area contributed by atoms with E-state index in [0.29, 0.717) is 22.2 Å². The second-order valence-electron chi connectivity index (χ2n) is 10.0. The van der Waals surface area contributed by atoms with E-state index < -0.39 is 40.1 Å². The van der Waals surface area contributed by atoms with Crippen LogP contribution in [0.15, 0.2) is 71.6 Å². The number of hydrogen-bond acceptors (Lipinski definition) is 4. The lowest BCUT2D eigenvalue weighted by molar-refractivity contribution is -0.138. The molecule has 0 fully saturated rings. The van der Waals surface area contributed by atoms with Crippen LogP contribution in [0, 0.1) is 0 Å². The van der Waals surface area contributed by atoms with Gasteiger partial charge in [0.25, 0.3) is 5.91 Å². The van der Waals surface area contributed by atoms with E-state index in [9.17, 15) is 31.5 Å². The van der Waals surface area contributed by atoms with Crippen molar-refractivity contribution >= 4 is 38.2 Å². The summed E-state index contributed by atoms with van der Waals surface area (Å²) in [4.78, 5) is 13.3. The highest BCUT2D eigenvalue weighted by atomic mass is 35.5. The molecule has 2 N–H and O–H groups in total. The lowest BCUT2D eigenvalue weighted by atomic mass is 10.0. The number of carbonyl (C=O) groups is 1. The number of halogens is 4. The molecule has 0 aliphatic heterocycles. The topological polar surface area (TPSA) is 88.4 Å². The van der Waals surface area contributed by atoms with E-state index in [2.05, 4.69) is 5.32 Å². The molecular formula is C30H30ClF3N2O4S. The van der Waals surface area contributed by atoms with Gasteiger partial charge in [-0.3, -0.25) is 4.79 Å². The van der Waals surface area contributed by atoms with E-state index >= 15 is 0 Å². The van der Waals surface area contributed by atoms with Gasteiger partial charge in [-0.1, -0.05) is 36.7 Å². The molecule has 0 radical (unpaired) electrons. The zero-order valence-electron chi connectivity index (χ0n) is 22.7. The number of alkyl halides is 3. The average molecular weight is 607 g/mol. The number of aliphatic hydroxyl groups is 1. The number of nitrogens with one attached hydrogen (secondary N) is 1. The Kier molecular flexibility index (Phi) is 8.87. The molecule has 0 aliphatic carbocycles. The van der Waals surface area contributed by atoms with Crippen molar-refractivity contribution < 1.29 is 31.5 Å². The minimum absolute atomic E-state index is 0.00394. The number of rotatable bonds is 9. The second kappa shape index (κ2) is 11.9. The molecule has 0 unspecified atom stereocenters. The van der Waals surface area contributed by atoms with E-state index in [4.69, 9.17) is 11.6 Å². The third kappa shape index (κ3) is 6.60. The van der Waals surface area contributed by atoms with Crippen molar-refractivity contribution in [2.45, 2.75) is 50.3 Å². The largest absolute Gasteiger partial charge is 0.416 e. The fourth-order valence-corrected chi connectivity index (χ4v) is 5.95. The molecule has 0 saturated carbocycles. The third-order valence-corrected chi connectivity index (χ3v) is 8.94. The minimum Gasteiger partial charge on any atom is -0.394 e. The maximum Gasteiger partial charge on any atom is 0.416 e. The highest BCUT2D eigenvalue weighted by molar-refractivity contribution is 7.91. The molecule has 4 aromatic rings. The molecule has 1 aromatic heterocycles. The van der Waals surface area contributed by atoms with Gasteiger partial charge in [0.1, 0.15) is 0 Å². The summed E-state index contributed by atoms with van der Waals surface area (Å²) in [6.07, 6.45) is -4.55. The summed E-state index contributed by atoms with van der Waals surface area (Å²) >= 11 is 5.85. The minimum atomic E-state index is -4.56. The Morgan fingerprint density at radius 2 is 1.71 bits per heavy atom. The molecule has 218 valence electrons. The first kappa shape index (κ1) is 30.6. The van der Waals surface area contributed by atoms with Crippen LogP contribution in [-0.4, -0.2) is 36.4 Å². The van der Waals surface area contributed by atoms with E-state index in [1.165, 1.54) is 24.3 Å². The number of hydrogen-bond donors (Lipinski definition) is 2. The molecule has 0 saturated heterocycles. The van der Waals surface area contributed by atoms with Gasteiger partial charge in [0.2, 0.25) is 0 Å². The number of aliphatic hydroxyl groups excluding tert-OH is 1. The molecule has 6 nitrogen and oxygen atoms in total. The maximum atomic E-state index is 13.7. The highest BCUT2D eigenvalue weighted by Crippen LogP contribution is 2.36. The Morgan fingerprint density at radius 1 is 1.02 bits per heavy atom. The Morgan fingerprint density at radius 3 is 2.29 bits per heavy atom. The van der Waals surface area contributed by atoms with Gasteiger partial charge in [-0.25, -0.2) is 8.42 Å². The average Bonchev–Trinajstić information content (AvgIpc) is 3.29. The van der Waals surface area contributed by atoms with Gasteiger partial charge in [0.05, 0.1) is 28.9 Å². The van der Waals surface area contributed by atoms with Crippen molar-refractivity contribution in [3.8, 4) is 0 Å². The summed E-state index contributed by atoms with van der Waals surface area (Å²) in [5, 5.41) is 13.4. The van der Waals surface area contributed by atoms with Crippen molar-refractivity contribution in [1.82, 2.24) is 9.88 Å². The van der Waals surface area contributed by atoms with Crippen LogP contribution in [0.4, 0.5) is 13.2 Å². The quantitative estimate of drug-likeness (QED) is 0.221. The Labute approximate surface area is 241 Å². The number of nitrogens with zero attached hydrogens (tertiary/aromatic N) is 1. The zero-order valence-corrected chi connectivity index (χ0v) is 24.2. The molecule has 1 amide bonds. The van der Waals surface area contributed by atoms with Crippen LogP contribution in [0.3, 0.4) is 0 Å². The first-order valence-electron chi connectivity index (χ1n) is 13.0. The molecule has 4 rings (SSSR count). The van der Waals surface area contributed by atoms with Crippen LogP contribution in [0.2, 0.25) is 5.02 Å². The summed E-state index contributed by atoms with van der Waals surface area (Å²) in [6, 6.07) is 15.7. The van der Waals surface area contributed by atoms with Gasteiger partial charge >= 0.3 is 6.18 Å². The number of sulfone groups is 1. The Hall–Kier alpha value is -3.34. The predicted octanol–water partition coefficient (Wildman–Crippen LogP) is 6.74. The summed E-state index contributed by atoms with van der Waals surface area (Å²) in [5.41, 5.74) is 1.55. The molecule has 0 spiro atoms. The van der Waals surface area contributed by atoms with Crippen LogP contribution in [0.25, 0.3) is 10.9 Å². The number of aromatic nitrogens is 1. The molecule has 3 aromatic carbocycles. The Bertz CT molecular complexity index is 1680. The first-order valence-corrected chi connectivity index (χ1v) is 15.0.